The van der Waals surface area contributed by atoms with Gasteiger partial charge in [-0.2, -0.15) is 5.26 Å². The van der Waals surface area contributed by atoms with Crippen molar-refractivity contribution < 1.29 is 9.84 Å². The molecule has 0 unspecified atom stereocenters. The summed E-state index contributed by atoms with van der Waals surface area (Å²) in [5, 5.41) is 19.0. The van der Waals surface area contributed by atoms with E-state index in [4.69, 9.17) is 10.00 Å². The van der Waals surface area contributed by atoms with Crippen LogP contribution in [0.5, 0.6) is 5.75 Å². The zero-order chi connectivity index (χ0) is 16.9. The summed E-state index contributed by atoms with van der Waals surface area (Å²) < 4.78 is 5.59. The van der Waals surface area contributed by atoms with Gasteiger partial charge in [-0.1, -0.05) is 0 Å². The van der Waals surface area contributed by atoms with Gasteiger partial charge in [0.15, 0.2) is 0 Å². The molecule has 2 aromatic rings. The topological polar surface area (TPSA) is 82.3 Å². The van der Waals surface area contributed by atoms with Gasteiger partial charge in [-0.3, -0.25) is 4.90 Å². The second-order valence-corrected chi connectivity index (χ2v) is 5.98. The van der Waals surface area contributed by atoms with Crippen molar-refractivity contribution in [3.63, 3.8) is 0 Å². The average molecular weight is 324 g/mol. The van der Waals surface area contributed by atoms with E-state index >= 15 is 0 Å². The first-order valence-corrected chi connectivity index (χ1v) is 7.99. The summed E-state index contributed by atoms with van der Waals surface area (Å²) in [5.74, 6) is 1.43. The molecule has 2 heterocycles. The van der Waals surface area contributed by atoms with Gasteiger partial charge in [-0.25, -0.2) is 9.97 Å². The Hall–Kier alpha value is -2.49. The van der Waals surface area contributed by atoms with Gasteiger partial charge < -0.3 is 9.84 Å². The van der Waals surface area contributed by atoms with Gasteiger partial charge in [0.25, 0.3) is 0 Å². The van der Waals surface area contributed by atoms with E-state index in [-0.39, 0.29) is 6.61 Å². The number of nitrogens with zero attached hydrogens (tertiary/aromatic N) is 4. The van der Waals surface area contributed by atoms with Crippen LogP contribution in [0.4, 0.5) is 0 Å². The fourth-order valence-electron chi connectivity index (χ4n) is 2.78. The van der Waals surface area contributed by atoms with Gasteiger partial charge >= 0.3 is 0 Å². The number of rotatable bonds is 5. The fourth-order valence-corrected chi connectivity index (χ4v) is 2.78. The van der Waals surface area contributed by atoms with Crippen molar-refractivity contribution in [1.82, 2.24) is 14.9 Å². The highest BCUT2D eigenvalue weighted by Crippen LogP contribution is 2.17. The number of aliphatic hydroxyl groups excluding tert-OH is 1. The number of aromatic nitrogens is 2. The van der Waals surface area contributed by atoms with Crippen molar-refractivity contribution in [2.24, 2.45) is 0 Å². The van der Waals surface area contributed by atoms with Crippen LogP contribution in [0.1, 0.15) is 22.6 Å². The van der Waals surface area contributed by atoms with Crippen LogP contribution < -0.4 is 4.74 Å². The predicted molar refractivity (Wildman–Crippen MR) is 88.4 cm³/mol. The van der Waals surface area contributed by atoms with Gasteiger partial charge in [-0.05, 0) is 43.2 Å². The minimum Gasteiger partial charge on any atom is -0.491 e. The van der Waals surface area contributed by atoms with E-state index in [1.807, 2.05) is 13.1 Å². The first-order valence-electron chi connectivity index (χ1n) is 7.99. The number of aryl methyl sites for hydroxylation is 1. The molecular weight excluding hydrogens is 304 g/mol. The maximum atomic E-state index is 10.2. The Morgan fingerprint density at radius 2 is 2.17 bits per heavy atom. The molecule has 6 nitrogen and oxygen atoms in total. The highest BCUT2D eigenvalue weighted by Gasteiger charge is 2.20. The van der Waals surface area contributed by atoms with E-state index in [1.165, 1.54) is 5.56 Å². The van der Waals surface area contributed by atoms with Crippen LogP contribution in [-0.4, -0.2) is 45.8 Å². The van der Waals surface area contributed by atoms with Crippen molar-refractivity contribution in [2.75, 3.05) is 19.7 Å². The summed E-state index contributed by atoms with van der Waals surface area (Å²) in [6, 6.07) is 8.94. The van der Waals surface area contributed by atoms with Crippen LogP contribution in [0.2, 0.25) is 0 Å². The summed E-state index contributed by atoms with van der Waals surface area (Å²) >= 11 is 0. The van der Waals surface area contributed by atoms with Crippen LogP contribution in [0.25, 0.3) is 0 Å². The number of β-amino-alcohol motifs (C(OH)–C–C–N with tert-alkyl or cyclic N) is 1. The van der Waals surface area contributed by atoms with Gasteiger partial charge in [0.05, 0.1) is 17.3 Å². The molecule has 24 heavy (non-hydrogen) atoms. The first kappa shape index (κ1) is 16.4. The normalized spacial score (nSPS) is 15.4. The lowest BCUT2D eigenvalue weighted by Gasteiger charge is -2.29. The fraction of sp³-hybridized carbons (Fsp3) is 0.389. The highest BCUT2D eigenvalue weighted by molar-refractivity contribution is 5.34. The van der Waals surface area contributed by atoms with Gasteiger partial charge in [0.2, 0.25) is 0 Å². The molecule has 0 radical (unpaired) electrons. The molecule has 6 heteroatoms. The van der Waals surface area contributed by atoms with Gasteiger partial charge in [-0.15, -0.1) is 0 Å². The number of fused-ring (bicyclic) bond motifs is 1. The molecular formula is C18H20N4O2. The van der Waals surface area contributed by atoms with E-state index in [1.54, 1.807) is 24.3 Å². The minimum absolute atomic E-state index is 0.220. The van der Waals surface area contributed by atoms with Crippen molar-refractivity contribution >= 4 is 0 Å². The molecule has 3 rings (SSSR count). The molecule has 1 aromatic heterocycles. The van der Waals surface area contributed by atoms with Crippen molar-refractivity contribution in [3.05, 3.63) is 53.1 Å². The molecule has 1 aliphatic heterocycles. The Balaban J connectivity index is 1.50. The quantitative estimate of drug-likeness (QED) is 0.896. The Kier molecular flexibility index (Phi) is 5.04. The summed E-state index contributed by atoms with van der Waals surface area (Å²) in [5.41, 5.74) is 2.83. The van der Waals surface area contributed by atoms with Gasteiger partial charge in [0, 0.05) is 25.8 Å². The molecule has 1 N–H and O–H groups in total. The van der Waals surface area contributed by atoms with Crippen molar-refractivity contribution in [1.29, 1.82) is 5.26 Å². The Bertz CT molecular complexity index is 740. The number of hydrogen-bond acceptors (Lipinski definition) is 6. The average Bonchev–Trinajstić information content (AvgIpc) is 2.60. The van der Waals surface area contributed by atoms with Crippen molar-refractivity contribution in [2.45, 2.75) is 26.0 Å². The Labute approximate surface area is 141 Å². The molecule has 1 aliphatic rings. The largest absolute Gasteiger partial charge is 0.491 e. The molecule has 0 aliphatic carbocycles. The molecule has 0 fully saturated rings. The second kappa shape index (κ2) is 7.39. The molecule has 1 aromatic carbocycles. The number of benzene rings is 1. The van der Waals surface area contributed by atoms with Gasteiger partial charge in [0.1, 0.15) is 24.3 Å². The summed E-state index contributed by atoms with van der Waals surface area (Å²) in [6.07, 6.45) is 2.23. The number of aliphatic hydroxyl groups is 1. The zero-order valence-electron chi connectivity index (χ0n) is 13.6. The van der Waals surface area contributed by atoms with Crippen LogP contribution in [0, 0.1) is 18.3 Å². The van der Waals surface area contributed by atoms with E-state index in [0.717, 1.165) is 31.0 Å². The maximum Gasteiger partial charge on any atom is 0.125 e. The molecule has 0 amide bonds. The van der Waals surface area contributed by atoms with Crippen LogP contribution in [0.3, 0.4) is 0 Å². The van der Waals surface area contributed by atoms with E-state index < -0.39 is 6.10 Å². The third-order valence-electron chi connectivity index (χ3n) is 4.04. The molecule has 0 saturated carbocycles. The third kappa shape index (κ3) is 4.07. The third-order valence-corrected chi connectivity index (χ3v) is 4.04. The summed E-state index contributed by atoms with van der Waals surface area (Å²) in [4.78, 5) is 10.9. The molecule has 0 bridgehead atoms. The van der Waals surface area contributed by atoms with E-state index in [2.05, 4.69) is 20.9 Å². The van der Waals surface area contributed by atoms with E-state index in [0.29, 0.717) is 17.9 Å². The monoisotopic (exact) mass is 324 g/mol. The highest BCUT2D eigenvalue weighted by atomic mass is 16.5. The maximum absolute atomic E-state index is 10.2. The number of ether oxygens (including phenoxy) is 1. The lowest BCUT2D eigenvalue weighted by Crippen LogP contribution is -2.39. The van der Waals surface area contributed by atoms with Crippen LogP contribution in [0.15, 0.2) is 30.5 Å². The standard InChI is InChI=1S/C18H20N4O2/c1-13-20-9-15-6-7-22(11-18(15)21-13)10-16(23)12-24-17-4-2-14(8-19)3-5-17/h2-5,9,16,23H,6-7,10-12H2,1H3/t16-/m1/s1. The second-order valence-electron chi connectivity index (χ2n) is 5.98. The summed E-state index contributed by atoms with van der Waals surface area (Å²) in [7, 11) is 0. The molecule has 1 atom stereocenters. The Morgan fingerprint density at radius 3 is 2.92 bits per heavy atom. The van der Waals surface area contributed by atoms with E-state index in [9.17, 15) is 5.11 Å². The van der Waals surface area contributed by atoms with Crippen LogP contribution >= 0.6 is 0 Å². The number of hydrogen-bond donors (Lipinski definition) is 1. The smallest absolute Gasteiger partial charge is 0.125 e. The molecule has 0 spiro atoms. The minimum atomic E-state index is -0.579. The summed E-state index contributed by atoms with van der Waals surface area (Å²) in [6.45, 7) is 4.26. The zero-order valence-corrected chi connectivity index (χ0v) is 13.6. The SMILES string of the molecule is Cc1ncc2c(n1)CN(C[C@@H](O)COc1ccc(C#N)cc1)CC2. The first-order chi connectivity index (χ1) is 11.6. The molecule has 124 valence electrons. The molecule has 0 saturated heterocycles. The Morgan fingerprint density at radius 1 is 1.38 bits per heavy atom. The number of nitriles is 1. The van der Waals surface area contributed by atoms with Crippen LogP contribution in [-0.2, 0) is 13.0 Å². The van der Waals surface area contributed by atoms with Crippen molar-refractivity contribution in [3.8, 4) is 11.8 Å². The lowest BCUT2D eigenvalue weighted by molar-refractivity contribution is 0.0631. The lowest BCUT2D eigenvalue weighted by atomic mass is 10.1. The predicted octanol–water partition coefficient (Wildman–Crippen LogP) is 1.45.